The summed E-state index contributed by atoms with van der Waals surface area (Å²) in [5, 5.41) is 4.15. The molecule has 0 bridgehead atoms. The summed E-state index contributed by atoms with van der Waals surface area (Å²) in [7, 11) is 0. The summed E-state index contributed by atoms with van der Waals surface area (Å²) in [6.45, 7) is 6.22. The summed E-state index contributed by atoms with van der Waals surface area (Å²) in [4.78, 5) is 27.5. The van der Waals surface area contributed by atoms with E-state index >= 15 is 0 Å². The summed E-state index contributed by atoms with van der Waals surface area (Å²) >= 11 is 1.69. The number of hydrogen-bond acceptors (Lipinski definition) is 5. The van der Waals surface area contributed by atoms with E-state index in [0.717, 1.165) is 77.6 Å². The minimum atomic E-state index is 0.0899. The lowest BCUT2D eigenvalue weighted by Gasteiger charge is -2.22. The predicted octanol–water partition coefficient (Wildman–Crippen LogP) is 5.01. The molecule has 5 nitrogen and oxygen atoms in total. The van der Waals surface area contributed by atoms with Crippen molar-refractivity contribution < 1.29 is 4.79 Å². The topological polar surface area (TPSA) is 49.3 Å². The number of carbonyl (C=O) groups excluding carboxylic acids is 1. The molecule has 0 atom stereocenters. The van der Waals surface area contributed by atoms with Crippen molar-refractivity contribution in [3.05, 3.63) is 82.3 Å². The number of hydrogen-bond donors (Lipinski definition) is 0. The van der Waals surface area contributed by atoms with Crippen LogP contribution in [0, 0.1) is 6.92 Å². The Morgan fingerprint density at radius 2 is 1.78 bits per heavy atom. The van der Waals surface area contributed by atoms with Gasteiger partial charge in [0.05, 0.1) is 27.5 Å². The molecular formula is C26H26N4OS. The third kappa shape index (κ3) is 4.42. The van der Waals surface area contributed by atoms with Crippen LogP contribution in [-0.4, -0.2) is 51.9 Å². The van der Waals surface area contributed by atoms with Crippen LogP contribution in [0.1, 0.15) is 27.5 Å². The number of para-hydroxylation sites is 1. The predicted molar refractivity (Wildman–Crippen MR) is 130 cm³/mol. The maximum Gasteiger partial charge on any atom is 0.254 e. The lowest BCUT2D eigenvalue weighted by Crippen LogP contribution is -2.35. The summed E-state index contributed by atoms with van der Waals surface area (Å²) in [5.41, 5.74) is 4.57. The Kier molecular flexibility index (Phi) is 5.97. The third-order valence-corrected chi connectivity index (χ3v) is 6.77. The van der Waals surface area contributed by atoms with Crippen molar-refractivity contribution in [3.8, 4) is 11.3 Å². The van der Waals surface area contributed by atoms with E-state index in [1.54, 1.807) is 11.3 Å². The van der Waals surface area contributed by atoms with Crippen LogP contribution in [0.2, 0.25) is 0 Å². The van der Waals surface area contributed by atoms with Gasteiger partial charge in [0, 0.05) is 49.1 Å². The maximum atomic E-state index is 13.7. The summed E-state index contributed by atoms with van der Waals surface area (Å²) < 4.78 is 0. The smallest absolute Gasteiger partial charge is 0.254 e. The molecule has 5 rings (SSSR count). The van der Waals surface area contributed by atoms with Crippen molar-refractivity contribution in [2.45, 2.75) is 19.9 Å². The number of benzene rings is 2. The minimum absolute atomic E-state index is 0.0899. The first kappa shape index (κ1) is 20.8. The molecule has 3 heterocycles. The quantitative estimate of drug-likeness (QED) is 0.446. The zero-order valence-corrected chi connectivity index (χ0v) is 19.0. The summed E-state index contributed by atoms with van der Waals surface area (Å²) in [6.07, 6.45) is 0.962. The number of nitrogens with zero attached hydrogens (tertiary/aromatic N) is 4. The molecule has 0 spiro atoms. The Bertz CT molecular complexity index is 1240. The Labute approximate surface area is 192 Å². The van der Waals surface area contributed by atoms with Crippen LogP contribution in [0.5, 0.6) is 0 Å². The van der Waals surface area contributed by atoms with E-state index in [4.69, 9.17) is 4.98 Å². The molecule has 1 aliphatic rings. The highest BCUT2D eigenvalue weighted by Gasteiger charge is 2.23. The number of aryl methyl sites for hydroxylation is 1. The Hall–Kier alpha value is -3.09. The monoisotopic (exact) mass is 442 g/mol. The summed E-state index contributed by atoms with van der Waals surface area (Å²) in [5.74, 6) is 0.0899. The molecule has 0 unspecified atom stereocenters. The van der Waals surface area contributed by atoms with Crippen LogP contribution < -0.4 is 0 Å². The Morgan fingerprint density at radius 3 is 2.59 bits per heavy atom. The zero-order chi connectivity index (χ0) is 21.9. The van der Waals surface area contributed by atoms with Crippen molar-refractivity contribution in [1.29, 1.82) is 0 Å². The average Bonchev–Trinajstić information content (AvgIpc) is 3.10. The molecule has 1 amide bonds. The first-order valence-corrected chi connectivity index (χ1v) is 11.9. The van der Waals surface area contributed by atoms with Crippen molar-refractivity contribution in [2.24, 2.45) is 0 Å². The highest BCUT2D eigenvalue weighted by Crippen LogP contribution is 2.26. The molecular weight excluding hydrogens is 416 g/mol. The normalized spacial score (nSPS) is 15.1. The summed E-state index contributed by atoms with van der Waals surface area (Å²) in [6, 6.07) is 20.0. The zero-order valence-electron chi connectivity index (χ0n) is 18.2. The van der Waals surface area contributed by atoms with E-state index in [1.807, 2.05) is 72.5 Å². The number of thiazole rings is 1. The fraction of sp³-hybridized carbons (Fsp3) is 0.269. The van der Waals surface area contributed by atoms with Gasteiger partial charge in [0.1, 0.15) is 0 Å². The van der Waals surface area contributed by atoms with Gasteiger partial charge >= 0.3 is 0 Å². The van der Waals surface area contributed by atoms with Crippen molar-refractivity contribution in [2.75, 3.05) is 26.2 Å². The number of fused-ring (bicyclic) bond motifs is 1. The van der Waals surface area contributed by atoms with Gasteiger partial charge < -0.3 is 4.90 Å². The average molecular weight is 443 g/mol. The van der Waals surface area contributed by atoms with E-state index < -0.39 is 0 Å². The molecule has 6 heteroatoms. The van der Waals surface area contributed by atoms with E-state index in [-0.39, 0.29) is 5.91 Å². The van der Waals surface area contributed by atoms with Gasteiger partial charge in [0.25, 0.3) is 5.91 Å². The highest BCUT2D eigenvalue weighted by molar-refractivity contribution is 7.09. The van der Waals surface area contributed by atoms with Gasteiger partial charge in [0.2, 0.25) is 0 Å². The minimum Gasteiger partial charge on any atom is -0.337 e. The van der Waals surface area contributed by atoms with Gasteiger partial charge in [-0.3, -0.25) is 9.69 Å². The standard InChI is InChI=1S/C26H26N4OS/c1-19-27-21(18-32-19)17-29-12-7-13-30(15-14-29)26(31)23-16-25(20-8-3-2-4-9-20)28-24-11-6-5-10-22(23)24/h2-6,8-11,16,18H,7,12-15,17H2,1H3. The first-order valence-electron chi connectivity index (χ1n) is 11.1. The number of carbonyl (C=O) groups is 1. The lowest BCUT2D eigenvalue weighted by molar-refractivity contribution is 0.0763. The molecule has 0 radical (unpaired) electrons. The van der Waals surface area contributed by atoms with E-state index in [0.29, 0.717) is 0 Å². The van der Waals surface area contributed by atoms with Gasteiger partial charge in [-0.2, -0.15) is 0 Å². The molecule has 1 aliphatic heterocycles. The number of rotatable bonds is 4. The van der Waals surface area contributed by atoms with Crippen molar-refractivity contribution in [1.82, 2.24) is 19.8 Å². The van der Waals surface area contributed by atoms with Gasteiger partial charge in [-0.15, -0.1) is 11.3 Å². The number of amides is 1. The van der Waals surface area contributed by atoms with Crippen LogP contribution in [-0.2, 0) is 6.54 Å². The molecule has 1 fully saturated rings. The molecule has 2 aromatic heterocycles. The molecule has 0 saturated carbocycles. The highest BCUT2D eigenvalue weighted by atomic mass is 32.1. The molecule has 2 aromatic carbocycles. The number of aromatic nitrogens is 2. The van der Waals surface area contributed by atoms with E-state index in [1.165, 1.54) is 0 Å². The first-order chi connectivity index (χ1) is 15.7. The number of pyridine rings is 1. The van der Waals surface area contributed by atoms with Crippen molar-refractivity contribution in [3.63, 3.8) is 0 Å². The third-order valence-electron chi connectivity index (χ3n) is 5.94. The second-order valence-corrected chi connectivity index (χ2v) is 9.28. The van der Waals surface area contributed by atoms with Crippen LogP contribution in [0.15, 0.2) is 66.0 Å². The van der Waals surface area contributed by atoms with E-state index in [9.17, 15) is 4.79 Å². The van der Waals surface area contributed by atoms with Crippen molar-refractivity contribution >= 4 is 28.1 Å². The van der Waals surface area contributed by atoms with Crippen LogP contribution >= 0.6 is 11.3 Å². The Morgan fingerprint density at radius 1 is 0.969 bits per heavy atom. The van der Waals surface area contributed by atoms with Gasteiger partial charge in [-0.1, -0.05) is 48.5 Å². The largest absolute Gasteiger partial charge is 0.337 e. The molecule has 32 heavy (non-hydrogen) atoms. The maximum absolute atomic E-state index is 13.7. The fourth-order valence-electron chi connectivity index (χ4n) is 4.32. The van der Waals surface area contributed by atoms with E-state index in [2.05, 4.69) is 15.3 Å². The second kappa shape index (κ2) is 9.18. The SMILES string of the molecule is Cc1nc(CN2CCCN(C(=O)c3cc(-c4ccccc4)nc4ccccc34)CC2)cs1. The molecule has 162 valence electrons. The Balaban J connectivity index is 1.40. The molecule has 1 saturated heterocycles. The van der Waals surface area contributed by atoms with Gasteiger partial charge in [-0.05, 0) is 25.5 Å². The van der Waals surface area contributed by atoms with Gasteiger partial charge in [-0.25, -0.2) is 9.97 Å². The fourth-order valence-corrected chi connectivity index (χ4v) is 4.93. The lowest BCUT2D eigenvalue weighted by atomic mass is 10.0. The van der Waals surface area contributed by atoms with Gasteiger partial charge in [0.15, 0.2) is 0 Å². The van der Waals surface area contributed by atoms with Crippen LogP contribution in [0.4, 0.5) is 0 Å². The van der Waals surface area contributed by atoms with Crippen LogP contribution in [0.3, 0.4) is 0 Å². The second-order valence-electron chi connectivity index (χ2n) is 8.22. The molecule has 0 N–H and O–H groups in total. The molecule has 4 aromatic rings. The van der Waals surface area contributed by atoms with Crippen LogP contribution in [0.25, 0.3) is 22.2 Å². The molecule has 0 aliphatic carbocycles.